The van der Waals surface area contributed by atoms with Crippen molar-refractivity contribution in [2.24, 2.45) is 0 Å². The highest BCUT2D eigenvalue weighted by molar-refractivity contribution is 5.81. The predicted molar refractivity (Wildman–Crippen MR) is 157 cm³/mol. The fraction of sp³-hybridized carbons (Fsp3) is 0.897. The quantitative estimate of drug-likeness (QED) is 0.100. The van der Waals surface area contributed by atoms with Crippen LogP contribution in [0.1, 0.15) is 46.0 Å². The molecule has 0 fully saturated rings. The summed E-state index contributed by atoms with van der Waals surface area (Å²) in [6.45, 7) is 11.2. The molecule has 1 unspecified atom stereocenters. The first-order valence-electron chi connectivity index (χ1n) is 15.0. The third-order valence-corrected chi connectivity index (χ3v) is 5.76. The Balaban J connectivity index is 3.18. The van der Waals surface area contributed by atoms with E-state index in [1.54, 1.807) is 20.9 Å². The van der Waals surface area contributed by atoms with Gasteiger partial charge in [-0.15, -0.1) is 0 Å². The molecule has 0 aliphatic heterocycles. The molecule has 1 atom stereocenters. The first kappa shape index (κ1) is 40.5. The number of Topliss-reactive ketones (excluding diaryl/α,β-unsaturated/α-hetero) is 2. The van der Waals surface area contributed by atoms with E-state index in [-0.39, 0.29) is 23.5 Å². The van der Waals surface area contributed by atoms with Gasteiger partial charge in [0, 0.05) is 19.4 Å². The Morgan fingerprint density at radius 3 is 1.21 bits per heavy atom. The second-order valence-electron chi connectivity index (χ2n) is 9.40. The summed E-state index contributed by atoms with van der Waals surface area (Å²) in [6.07, 6.45) is 3.25. The summed E-state index contributed by atoms with van der Waals surface area (Å²) in [6, 6.07) is -0.104. The number of amides is 1. The van der Waals surface area contributed by atoms with E-state index in [1.165, 1.54) is 0 Å². The van der Waals surface area contributed by atoms with Crippen LogP contribution in [0, 0.1) is 0 Å². The molecule has 1 amide bonds. The highest BCUT2D eigenvalue weighted by Crippen LogP contribution is 2.01. The van der Waals surface area contributed by atoms with E-state index in [0.717, 1.165) is 19.3 Å². The van der Waals surface area contributed by atoms with E-state index in [9.17, 15) is 14.4 Å². The number of carbonyl (C=O) groups is 3. The van der Waals surface area contributed by atoms with Gasteiger partial charge in [0.1, 0.15) is 11.6 Å². The van der Waals surface area contributed by atoms with Crippen LogP contribution in [0.3, 0.4) is 0 Å². The van der Waals surface area contributed by atoms with Crippen LogP contribution >= 0.6 is 0 Å². The number of carbonyl (C=O) groups excluding carboxylic acids is 3. The summed E-state index contributed by atoms with van der Waals surface area (Å²) in [7, 11) is 1.78. The van der Waals surface area contributed by atoms with Crippen LogP contribution in [0.4, 0.5) is 0 Å². The number of likely N-dealkylation sites (N-methyl/N-ethyl adjacent to an activating group) is 1. The van der Waals surface area contributed by atoms with Crippen molar-refractivity contribution in [2.75, 3.05) is 119 Å². The molecule has 0 spiro atoms. The molecule has 0 radical (unpaired) electrons. The number of unbranched alkanes of at least 4 members (excludes halogenated alkanes) is 1. The van der Waals surface area contributed by atoms with Gasteiger partial charge in [0.25, 0.3) is 0 Å². The average Bonchev–Trinajstić information content (AvgIpc) is 2.96. The second kappa shape index (κ2) is 32.4. The Bertz CT molecular complexity index is 641. The predicted octanol–water partition coefficient (Wildman–Crippen LogP) is 0.952. The van der Waals surface area contributed by atoms with Gasteiger partial charge in [-0.05, 0) is 40.2 Å². The van der Waals surface area contributed by atoms with Crippen molar-refractivity contribution >= 4 is 17.5 Å². The Morgan fingerprint density at radius 2 is 0.881 bits per heavy atom. The summed E-state index contributed by atoms with van der Waals surface area (Å²) in [5.74, 6) is 0.221. The van der Waals surface area contributed by atoms with E-state index in [2.05, 4.69) is 10.6 Å². The first-order valence-corrected chi connectivity index (χ1v) is 15.0. The Morgan fingerprint density at radius 1 is 0.524 bits per heavy atom. The van der Waals surface area contributed by atoms with E-state index >= 15 is 0 Å². The molecular weight excluding hydrogens is 552 g/mol. The zero-order valence-corrected chi connectivity index (χ0v) is 26.1. The van der Waals surface area contributed by atoms with Crippen molar-refractivity contribution in [3.8, 4) is 0 Å². The number of hydrogen-bond acceptors (Lipinski definition) is 12. The topological polar surface area (TPSA) is 149 Å². The molecule has 0 aromatic carbocycles. The molecule has 0 rings (SSSR count). The normalized spacial score (nSPS) is 12.0. The highest BCUT2D eigenvalue weighted by Gasteiger charge is 2.10. The van der Waals surface area contributed by atoms with Gasteiger partial charge >= 0.3 is 0 Å². The van der Waals surface area contributed by atoms with E-state index in [0.29, 0.717) is 125 Å². The third kappa shape index (κ3) is 31.4. The van der Waals surface area contributed by atoms with E-state index in [1.807, 2.05) is 0 Å². The van der Waals surface area contributed by atoms with Crippen molar-refractivity contribution in [2.45, 2.75) is 52.0 Å². The van der Waals surface area contributed by atoms with Gasteiger partial charge in [-0.3, -0.25) is 14.4 Å². The SMILES string of the molecule is CNC(CCCCNC(=O)CCOCCOCCOCCOCCOCCOCCOCCOCCC(C)=O)C(C)=O. The molecule has 2 N–H and O–H groups in total. The minimum Gasteiger partial charge on any atom is -0.379 e. The summed E-state index contributed by atoms with van der Waals surface area (Å²) in [4.78, 5) is 33.9. The van der Waals surface area contributed by atoms with E-state index < -0.39 is 0 Å². The molecule has 0 aromatic heterocycles. The number of nitrogens with one attached hydrogen (secondary N) is 2. The van der Waals surface area contributed by atoms with Crippen molar-refractivity contribution in [3.63, 3.8) is 0 Å². The Labute approximate surface area is 251 Å². The highest BCUT2D eigenvalue weighted by atomic mass is 16.6. The van der Waals surface area contributed by atoms with Crippen LogP contribution in [0.2, 0.25) is 0 Å². The lowest BCUT2D eigenvalue weighted by atomic mass is 10.1. The van der Waals surface area contributed by atoms with Gasteiger partial charge in [-0.2, -0.15) is 0 Å². The monoisotopic (exact) mass is 608 g/mol. The molecule has 42 heavy (non-hydrogen) atoms. The molecule has 0 saturated carbocycles. The smallest absolute Gasteiger partial charge is 0.222 e. The van der Waals surface area contributed by atoms with E-state index in [4.69, 9.17) is 37.9 Å². The lowest BCUT2D eigenvalue weighted by Gasteiger charge is -2.12. The summed E-state index contributed by atoms with van der Waals surface area (Å²) in [5, 5.41) is 5.86. The second-order valence-corrected chi connectivity index (χ2v) is 9.40. The molecule has 0 aliphatic rings. The summed E-state index contributed by atoms with van der Waals surface area (Å²) < 4.78 is 43.2. The number of ether oxygens (including phenoxy) is 8. The molecule has 0 heterocycles. The van der Waals surface area contributed by atoms with Gasteiger partial charge in [-0.25, -0.2) is 0 Å². The van der Waals surface area contributed by atoms with Crippen molar-refractivity contribution < 1.29 is 52.3 Å². The van der Waals surface area contributed by atoms with Crippen LogP contribution in [0.15, 0.2) is 0 Å². The number of hydrogen-bond donors (Lipinski definition) is 2. The van der Waals surface area contributed by atoms with Gasteiger partial charge in [0.2, 0.25) is 5.91 Å². The average molecular weight is 609 g/mol. The lowest BCUT2D eigenvalue weighted by molar-refractivity contribution is -0.122. The fourth-order valence-electron chi connectivity index (χ4n) is 3.36. The maximum atomic E-state index is 11.8. The molecule has 248 valence electrons. The van der Waals surface area contributed by atoms with Crippen LogP contribution in [0.25, 0.3) is 0 Å². The maximum Gasteiger partial charge on any atom is 0.222 e. The Hall–Kier alpha value is -1.55. The standard InChI is InChI=1S/C29H56N2O11/c1-26(32)7-10-35-12-14-37-16-18-39-20-22-41-24-25-42-23-21-40-19-17-38-15-13-36-11-8-29(34)31-9-5-4-6-28(30-3)27(2)33/h28,30H,4-25H2,1-3H3,(H,31,34). The molecule has 13 nitrogen and oxygen atoms in total. The number of ketones is 2. The molecule has 0 saturated heterocycles. The first-order chi connectivity index (χ1) is 20.5. The van der Waals surface area contributed by atoms with Crippen LogP contribution in [0.5, 0.6) is 0 Å². The van der Waals surface area contributed by atoms with Crippen LogP contribution in [-0.4, -0.2) is 143 Å². The maximum absolute atomic E-state index is 11.8. The van der Waals surface area contributed by atoms with Crippen molar-refractivity contribution in [3.05, 3.63) is 0 Å². The van der Waals surface area contributed by atoms with Crippen molar-refractivity contribution in [1.82, 2.24) is 10.6 Å². The minimum absolute atomic E-state index is 0.0387. The molecule has 13 heteroatoms. The lowest BCUT2D eigenvalue weighted by Crippen LogP contribution is -2.32. The van der Waals surface area contributed by atoms with Gasteiger partial charge in [0.05, 0.1) is 112 Å². The molecule has 0 bridgehead atoms. The summed E-state index contributed by atoms with van der Waals surface area (Å²) in [5.41, 5.74) is 0. The fourth-order valence-corrected chi connectivity index (χ4v) is 3.36. The minimum atomic E-state index is -0.104. The zero-order chi connectivity index (χ0) is 30.9. The molecule has 0 aromatic rings. The molecular formula is C29H56N2O11. The van der Waals surface area contributed by atoms with Crippen LogP contribution in [-0.2, 0) is 52.3 Å². The largest absolute Gasteiger partial charge is 0.379 e. The van der Waals surface area contributed by atoms with Gasteiger partial charge in [0.15, 0.2) is 0 Å². The van der Waals surface area contributed by atoms with Crippen molar-refractivity contribution in [1.29, 1.82) is 0 Å². The summed E-state index contributed by atoms with van der Waals surface area (Å²) >= 11 is 0. The van der Waals surface area contributed by atoms with Crippen LogP contribution < -0.4 is 10.6 Å². The molecule has 0 aliphatic carbocycles. The third-order valence-electron chi connectivity index (χ3n) is 5.76. The van der Waals surface area contributed by atoms with Gasteiger partial charge < -0.3 is 48.5 Å². The number of rotatable bonds is 34. The Kier molecular flexibility index (Phi) is 31.2. The zero-order valence-electron chi connectivity index (χ0n) is 26.1. The van der Waals surface area contributed by atoms with Gasteiger partial charge in [-0.1, -0.05) is 0 Å².